The van der Waals surface area contributed by atoms with Crippen LogP contribution in [0.15, 0.2) is 0 Å². The molecule has 0 saturated carbocycles. The molecule has 0 saturated heterocycles. The number of hydrogen-bond acceptors (Lipinski definition) is 3. The zero-order chi connectivity index (χ0) is 3.58. The molecule has 0 heterocycles. The van der Waals surface area contributed by atoms with E-state index < -0.39 is 8.60 Å². The molecule has 0 bridgehead atoms. The summed E-state index contributed by atoms with van der Waals surface area (Å²) >= 11 is 0. The summed E-state index contributed by atoms with van der Waals surface area (Å²) in [5.74, 6) is 0. The molecular weight excluding hydrogens is 118 g/mol. The van der Waals surface area contributed by atoms with Gasteiger partial charge < -0.3 is 23.3 Å². The van der Waals surface area contributed by atoms with Crippen molar-refractivity contribution in [2.45, 2.75) is 0 Å². The Morgan fingerprint density at radius 3 is 1.20 bits per heavy atom. The van der Waals surface area contributed by atoms with E-state index in [1.165, 1.54) is 0 Å². The molecule has 0 aromatic carbocycles. The van der Waals surface area contributed by atoms with Crippen LogP contribution in [0.5, 0.6) is 0 Å². The Morgan fingerprint density at radius 1 is 1.20 bits per heavy atom. The van der Waals surface area contributed by atoms with Crippen LogP contribution in [0.2, 0.25) is 0 Å². The van der Waals surface area contributed by atoms with E-state index in [2.05, 4.69) is 0 Å². The van der Waals surface area contributed by atoms with Crippen molar-refractivity contribution in [2.24, 2.45) is 0 Å². The summed E-state index contributed by atoms with van der Waals surface area (Å²) < 4.78 is 0. The number of rotatable bonds is 0. The van der Waals surface area contributed by atoms with E-state index >= 15 is 0 Å². The van der Waals surface area contributed by atoms with E-state index in [4.69, 9.17) is 14.7 Å². The average molecular weight is 120 g/mol. The summed E-state index contributed by atoms with van der Waals surface area (Å²) in [6.07, 6.45) is 0. The van der Waals surface area contributed by atoms with Gasteiger partial charge in [0.1, 0.15) is 0 Å². The molecule has 0 aliphatic carbocycles. The van der Waals surface area contributed by atoms with Crippen LogP contribution in [-0.4, -0.2) is 0 Å². The van der Waals surface area contributed by atoms with Gasteiger partial charge in [-0.3, -0.25) is 0 Å². The van der Waals surface area contributed by atoms with Crippen LogP contribution in [0.1, 0.15) is 2.85 Å². The molecule has 26 valence electrons. The van der Waals surface area contributed by atoms with Crippen LogP contribution in [-0.2, 0) is 0 Å². The Hall–Kier alpha value is 1.95. The van der Waals surface area contributed by atoms with E-state index in [9.17, 15) is 0 Å². The second kappa shape index (κ2) is 5.95. The summed E-state index contributed by atoms with van der Waals surface area (Å²) in [4.78, 5) is 25.4. The van der Waals surface area contributed by atoms with Crippen molar-refractivity contribution in [3.63, 3.8) is 0 Å². The second-order valence-electron chi connectivity index (χ2n) is 0.224. The van der Waals surface area contributed by atoms with Crippen molar-refractivity contribution >= 4 is 8.60 Å². The molecule has 0 unspecified atom stereocenters. The Labute approximate surface area is 76.4 Å². The molecule has 0 amide bonds. The maximum Gasteiger partial charge on any atom is 1.00 e. The van der Waals surface area contributed by atoms with Gasteiger partial charge in [0.15, 0.2) is 0 Å². The Bertz CT molecular complexity index is 17.7. The third-order valence-corrected chi connectivity index (χ3v) is 0. The molecule has 3 nitrogen and oxygen atoms in total. The smallest absolute Gasteiger partial charge is 0.854 e. The monoisotopic (exact) mass is 120 g/mol. The Morgan fingerprint density at radius 2 is 1.20 bits per heavy atom. The van der Waals surface area contributed by atoms with Crippen LogP contribution in [0, 0.1) is 0 Å². The van der Waals surface area contributed by atoms with E-state index in [1.54, 1.807) is 0 Å². The van der Waals surface area contributed by atoms with Gasteiger partial charge in [0.05, 0.1) is 0 Å². The molecule has 0 aliphatic rings. The van der Waals surface area contributed by atoms with Crippen LogP contribution in [0.3, 0.4) is 0 Å². The fourth-order valence-corrected chi connectivity index (χ4v) is 0. The predicted molar refractivity (Wildman–Crippen MR) is 9.14 cm³/mol. The fourth-order valence-electron chi connectivity index (χ4n) is 0. The van der Waals surface area contributed by atoms with Crippen LogP contribution < -0.4 is 66.1 Å². The maximum absolute atomic E-state index is 8.48. The maximum atomic E-state index is 8.48. The van der Waals surface area contributed by atoms with Gasteiger partial charge in [-0.25, -0.2) is 0 Å². The zero-order valence-electron chi connectivity index (χ0n) is 4.67. The fraction of sp³-hybridized carbons (Fsp3) is 0. The van der Waals surface area contributed by atoms with Crippen LogP contribution >= 0.6 is 8.60 Å². The van der Waals surface area contributed by atoms with Gasteiger partial charge in [-0.1, -0.05) is 0 Å². The van der Waals surface area contributed by atoms with Crippen molar-refractivity contribution in [1.82, 2.24) is 0 Å². The van der Waals surface area contributed by atoms with Gasteiger partial charge in [-0.15, -0.1) is 0 Å². The van der Waals surface area contributed by atoms with Crippen LogP contribution in [0.25, 0.3) is 0 Å². The standard InChI is InChI=1S/K.O3P/c;1-4(2)3/q+1;-3/p+2. The minimum atomic E-state index is -3.37. The zero-order valence-corrected chi connectivity index (χ0v) is 6.69. The Balaban J connectivity index is -0.0000000150. The molecule has 0 spiro atoms. The molecule has 0 atom stereocenters. The third-order valence-electron chi connectivity index (χ3n) is 0. The van der Waals surface area contributed by atoms with Crippen molar-refractivity contribution in [1.29, 1.82) is 0 Å². The normalized spacial score (nSPS) is 7.20. The summed E-state index contributed by atoms with van der Waals surface area (Å²) in [5.41, 5.74) is 0. The van der Waals surface area contributed by atoms with Gasteiger partial charge in [0.25, 0.3) is 0 Å². The summed E-state index contributed by atoms with van der Waals surface area (Å²) in [6, 6.07) is 0. The molecule has 0 aromatic heterocycles. The van der Waals surface area contributed by atoms with E-state index in [1.807, 2.05) is 0 Å². The SMILES string of the molecule is [H+].[H+].[K+].[O-]P([O-])[O-]. The number of hydrogen-bond donors (Lipinski definition) is 0. The summed E-state index contributed by atoms with van der Waals surface area (Å²) in [5, 5.41) is 0. The summed E-state index contributed by atoms with van der Waals surface area (Å²) in [6.45, 7) is 0. The van der Waals surface area contributed by atoms with Gasteiger partial charge in [0.2, 0.25) is 0 Å². The van der Waals surface area contributed by atoms with Gasteiger partial charge in [-0.2, -0.15) is 0 Å². The van der Waals surface area contributed by atoms with Crippen LogP contribution in [0.4, 0.5) is 0 Å². The molecule has 5 heavy (non-hydrogen) atoms. The van der Waals surface area contributed by atoms with Crippen molar-refractivity contribution in [3.8, 4) is 0 Å². The quantitative estimate of drug-likeness (QED) is 0.236. The predicted octanol–water partition coefficient (Wildman–Crippen LogP) is -5.48. The topological polar surface area (TPSA) is 69.2 Å². The van der Waals surface area contributed by atoms with Gasteiger partial charge in [0, 0.05) is 0 Å². The average Bonchev–Trinajstić information content (AvgIpc) is 0.811. The molecule has 0 rings (SSSR count). The largest absolute Gasteiger partial charge is 1.00 e. The van der Waals surface area contributed by atoms with E-state index in [0.717, 1.165) is 0 Å². The van der Waals surface area contributed by atoms with Crippen molar-refractivity contribution in [2.75, 3.05) is 0 Å². The Kier molecular flexibility index (Phi) is 11.9. The molecule has 0 aliphatic heterocycles. The molecule has 0 fully saturated rings. The van der Waals surface area contributed by atoms with Crippen molar-refractivity contribution < 1.29 is 68.9 Å². The first-order chi connectivity index (χ1) is 1.73. The van der Waals surface area contributed by atoms with E-state index in [-0.39, 0.29) is 54.2 Å². The van der Waals surface area contributed by atoms with Crippen molar-refractivity contribution in [3.05, 3.63) is 0 Å². The van der Waals surface area contributed by atoms with E-state index in [0.29, 0.717) is 0 Å². The van der Waals surface area contributed by atoms with Gasteiger partial charge in [-0.05, 0) is 0 Å². The van der Waals surface area contributed by atoms with Gasteiger partial charge >= 0.3 is 54.2 Å². The molecule has 5 heteroatoms. The molecule has 0 N–H and O–H groups in total. The third kappa shape index (κ3) is 24.4. The first-order valence-corrected chi connectivity index (χ1v) is 1.64. The first-order valence-electron chi connectivity index (χ1n) is 0.548. The first kappa shape index (κ1) is 10.0. The molecule has 0 aromatic rings. The summed E-state index contributed by atoms with van der Waals surface area (Å²) in [7, 11) is -3.37. The molecule has 0 radical (unpaired) electrons. The minimum absolute atomic E-state index is 0. The minimum Gasteiger partial charge on any atom is -0.854 e. The molecular formula is H2KO3P. The second-order valence-corrected chi connectivity index (χ2v) is 0.671.